The summed E-state index contributed by atoms with van der Waals surface area (Å²) in [4.78, 5) is 21.5. The number of carbonyl (C=O) groups is 1. The lowest BCUT2D eigenvalue weighted by Crippen LogP contribution is -2.62. The Morgan fingerprint density at radius 3 is 2.27 bits per heavy atom. The summed E-state index contributed by atoms with van der Waals surface area (Å²) in [6, 6.07) is 12.7. The summed E-state index contributed by atoms with van der Waals surface area (Å²) in [5.41, 5.74) is 1.03. The smallest absolute Gasteiger partial charge is 0.314 e. The zero-order valence-corrected chi connectivity index (χ0v) is 21.9. The van der Waals surface area contributed by atoms with Crippen molar-refractivity contribution in [2.24, 2.45) is 11.8 Å². The Labute approximate surface area is 220 Å². The highest BCUT2D eigenvalue weighted by Crippen LogP contribution is 2.47. The lowest BCUT2D eigenvalue weighted by molar-refractivity contribution is -0.0405. The predicted molar refractivity (Wildman–Crippen MR) is 142 cm³/mol. The van der Waals surface area contributed by atoms with E-state index in [4.69, 9.17) is 0 Å². The predicted octanol–water partition coefficient (Wildman–Crippen LogP) is 5.32. The minimum atomic E-state index is -0.0741. The van der Waals surface area contributed by atoms with Crippen LogP contribution in [0.1, 0.15) is 95.3 Å². The molecule has 198 valence electrons. The Morgan fingerprint density at radius 1 is 0.838 bits per heavy atom. The van der Waals surface area contributed by atoms with E-state index in [2.05, 4.69) is 54.7 Å². The Balaban J connectivity index is 1.15. The number of likely N-dealkylation sites (tertiary alicyclic amines) is 1. The van der Waals surface area contributed by atoms with Gasteiger partial charge in [-0.25, -0.2) is 9.89 Å². The largest absolute Gasteiger partial charge is 0.325 e. The second-order valence-electron chi connectivity index (χ2n) is 12.5. The van der Waals surface area contributed by atoms with Crippen LogP contribution in [0.25, 0.3) is 0 Å². The number of rotatable bonds is 4. The van der Waals surface area contributed by atoms with Crippen molar-refractivity contribution in [1.82, 2.24) is 30.4 Å². The molecule has 1 aromatic carbocycles. The van der Waals surface area contributed by atoms with Crippen molar-refractivity contribution in [3.05, 3.63) is 36.2 Å². The number of piperidine rings is 2. The van der Waals surface area contributed by atoms with Gasteiger partial charge in [0.15, 0.2) is 5.82 Å². The maximum atomic E-state index is 14.3. The van der Waals surface area contributed by atoms with E-state index in [0.29, 0.717) is 17.9 Å². The van der Waals surface area contributed by atoms with E-state index in [9.17, 15) is 4.79 Å². The highest BCUT2D eigenvalue weighted by Gasteiger charge is 2.47. The van der Waals surface area contributed by atoms with Gasteiger partial charge in [0.2, 0.25) is 0 Å². The molecular weight excluding hydrogens is 462 g/mol. The molecule has 1 N–H and O–H groups in total. The van der Waals surface area contributed by atoms with Gasteiger partial charge in [0.05, 0.1) is 6.04 Å². The number of benzene rings is 1. The molecule has 8 nitrogen and oxygen atoms in total. The standard InChI is InChI=1S/C29H41N7O/c37-29(34-14-6-13-27(34)28-30-32-33-31-28)36(22-9-2-1-3-10-22)26-18-23-11-5-12-24(19-26)35(23)25-16-20-7-4-8-21(15-20)17-25/h1-3,9-10,20-21,23-27H,4-8,11-19H2,(H,30,31,32,33)/t20-,21+,23-,24+,25+,26+,27-/m0/s1. The van der Waals surface area contributed by atoms with E-state index in [1.807, 2.05) is 11.0 Å². The zero-order valence-electron chi connectivity index (χ0n) is 21.9. The first-order chi connectivity index (χ1) is 18.2. The van der Waals surface area contributed by atoms with Gasteiger partial charge in [0, 0.05) is 36.4 Å². The molecule has 0 spiro atoms. The molecule has 5 aliphatic rings. The molecule has 4 heterocycles. The third-order valence-electron chi connectivity index (χ3n) is 10.3. The van der Waals surface area contributed by atoms with E-state index < -0.39 is 0 Å². The minimum Gasteiger partial charge on any atom is -0.314 e. The average Bonchev–Trinajstić information content (AvgIpc) is 3.61. The lowest BCUT2D eigenvalue weighted by Gasteiger charge is -2.56. The Bertz CT molecular complexity index is 1040. The molecule has 37 heavy (non-hydrogen) atoms. The Kier molecular flexibility index (Phi) is 6.39. The van der Waals surface area contributed by atoms with Gasteiger partial charge < -0.3 is 4.90 Å². The maximum Gasteiger partial charge on any atom is 0.325 e. The van der Waals surface area contributed by atoms with Crippen molar-refractivity contribution in [3.8, 4) is 0 Å². The van der Waals surface area contributed by atoms with Crippen LogP contribution in [-0.2, 0) is 0 Å². The molecule has 2 saturated carbocycles. The third kappa shape index (κ3) is 4.45. The molecule has 2 aliphatic carbocycles. The van der Waals surface area contributed by atoms with Crippen LogP contribution in [0.15, 0.2) is 30.3 Å². The number of aromatic amines is 1. The number of nitrogens with zero attached hydrogens (tertiary/aromatic N) is 6. The number of carbonyl (C=O) groups excluding carboxylic acids is 1. The van der Waals surface area contributed by atoms with Crippen molar-refractivity contribution in [1.29, 1.82) is 0 Å². The summed E-state index contributed by atoms with van der Waals surface area (Å²) < 4.78 is 0. The number of urea groups is 1. The molecule has 4 bridgehead atoms. The number of hydrogen-bond donors (Lipinski definition) is 1. The molecule has 2 aromatic rings. The number of para-hydroxylation sites is 1. The summed E-state index contributed by atoms with van der Waals surface area (Å²) in [5, 5.41) is 14.7. The Morgan fingerprint density at radius 2 is 1.57 bits per heavy atom. The van der Waals surface area contributed by atoms with Gasteiger partial charge in [-0.3, -0.25) is 9.80 Å². The van der Waals surface area contributed by atoms with Gasteiger partial charge in [-0.15, -0.1) is 5.10 Å². The molecule has 3 saturated heterocycles. The molecule has 5 fully saturated rings. The van der Waals surface area contributed by atoms with E-state index in [-0.39, 0.29) is 18.1 Å². The first-order valence-corrected chi connectivity index (χ1v) is 14.9. The summed E-state index contributed by atoms with van der Waals surface area (Å²) in [6.07, 6.45) is 16.6. The monoisotopic (exact) mass is 503 g/mol. The topological polar surface area (TPSA) is 81.2 Å². The van der Waals surface area contributed by atoms with Crippen LogP contribution in [0.5, 0.6) is 0 Å². The average molecular weight is 504 g/mol. The van der Waals surface area contributed by atoms with E-state index >= 15 is 0 Å². The quantitative estimate of drug-likeness (QED) is 0.611. The number of hydrogen-bond acceptors (Lipinski definition) is 5. The highest BCUT2D eigenvalue weighted by atomic mass is 16.2. The van der Waals surface area contributed by atoms with Crippen LogP contribution in [0.3, 0.4) is 0 Å². The van der Waals surface area contributed by atoms with Gasteiger partial charge in [-0.2, -0.15) is 0 Å². The second-order valence-corrected chi connectivity index (χ2v) is 12.5. The fourth-order valence-electron chi connectivity index (χ4n) is 8.93. The molecule has 2 amide bonds. The zero-order chi connectivity index (χ0) is 24.8. The number of anilines is 1. The van der Waals surface area contributed by atoms with Crippen molar-refractivity contribution < 1.29 is 4.79 Å². The van der Waals surface area contributed by atoms with Gasteiger partial charge >= 0.3 is 6.03 Å². The number of nitrogens with one attached hydrogen (secondary N) is 1. The van der Waals surface area contributed by atoms with Crippen LogP contribution >= 0.6 is 0 Å². The molecule has 0 unspecified atom stereocenters. The van der Waals surface area contributed by atoms with E-state index in [1.165, 1.54) is 57.8 Å². The lowest BCUT2D eigenvalue weighted by atomic mass is 9.68. The van der Waals surface area contributed by atoms with Crippen LogP contribution in [-0.4, -0.2) is 67.2 Å². The van der Waals surface area contributed by atoms with Gasteiger partial charge in [0.25, 0.3) is 0 Å². The van der Waals surface area contributed by atoms with E-state index in [0.717, 1.165) is 55.8 Å². The van der Waals surface area contributed by atoms with Crippen molar-refractivity contribution >= 4 is 11.7 Å². The SMILES string of the molecule is O=C(N1CCC[C@H]1c1nnn[nH]1)N(c1ccccc1)[C@H]1C[C@H]2CCC[C@@H](C1)N2[C@H]1C[C@@H]2CCC[C@@H](C2)C1. The summed E-state index contributed by atoms with van der Waals surface area (Å²) >= 11 is 0. The van der Waals surface area contributed by atoms with Gasteiger partial charge in [-0.1, -0.05) is 43.9 Å². The van der Waals surface area contributed by atoms with E-state index in [1.54, 1.807) is 0 Å². The summed E-state index contributed by atoms with van der Waals surface area (Å²) in [7, 11) is 0. The van der Waals surface area contributed by atoms with Gasteiger partial charge in [-0.05, 0) is 92.2 Å². The summed E-state index contributed by atoms with van der Waals surface area (Å²) in [5.74, 6) is 2.61. The Hall–Kier alpha value is -2.48. The second kappa shape index (κ2) is 10.0. The van der Waals surface area contributed by atoms with Crippen LogP contribution < -0.4 is 4.90 Å². The van der Waals surface area contributed by atoms with Gasteiger partial charge in [0.1, 0.15) is 0 Å². The number of H-pyrrole nitrogens is 1. The molecule has 1 aromatic heterocycles. The third-order valence-corrected chi connectivity index (χ3v) is 10.3. The van der Waals surface area contributed by atoms with Crippen LogP contribution in [0.4, 0.5) is 10.5 Å². The number of amides is 2. The molecular formula is C29H41N7O. The normalized spacial score (nSPS) is 35.9. The first-order valence-electron chi connectivity index (χ1n) is 14.9. The van der Waals surface area contributed by atoms with Crippen molar-refractivity contribution in [2.45, 2.75) is 114 Å². The molecule has 7 rings (SSSR count). The first kappa shape index (κ1) is 23.6. The molecule has 0 radical (unpaired) electrons. The molecule has 7 atom stereocenters. The fourth-order valence-corrected chi connectivity index (χ4v) is 8.93. The highest BCUT2D eigenvalue weighted by molar-refractivity contribution is 5.93. The van der Waals surface area contributed by atoms with Crippen LogP contribution in [0, 0.1) is 11.8 Å². The molecule has 3 aliphatic heterocycles. The van der Waals surface area contributed by atoms with Crippen LogP contribution in [0.2, 0.25) is 0 Å². The van der Waals surface area contributed by atoms with Crippen molar-refractivity contribution in [2.75, 3.05) is 11.4 Å². The minimum absolute atomic E-state index is 0.0741. The number of tetrazole rings is 1. The number of aromatic nitrogens is 4. The summed E-state index contributed by atoms with van der Waals surface area (Å²) in [6.45, 7) is 0.754. The maximum absolute atomic E-state index is 14.3. The fraction of sp³-hybridized carbons (Fsp3) is 0.724. The number of fused-ring (bicyclic) bond motifs is 4. The molecule has 8 heteroatoms. The van der Waals surface area contributed by atoms with Crippen molar-refractivity contribution in [3.63, 3.8) is 0 Å².